The molecular formula is C23H22Cl5N3O3. The number of alkyl halides is 2. The summed E-state index contributed by atoms with van der Waals surface area (Å²) in [5, 5.41) is 16.0. The maximum atomic E-state index is 12.7. The van der Waals surface area contributed by atoms with Crippen molar-refractivity contribution in [2.45, 2.75) is 35.7 Å². The predicted octanol–water partition coefficient (Wildman–Crippen LogP) is 5.87. The number of carbonyl (C=O) groups is 2. The zero-order chi connectivity index (χ0) is 24.8. The van der Waals surface area contributed by atoms with Gasteiger partial charge in [-0.15, -0.1) is 23.2 Å². The highest BCUT2D eigenvalue weighted by molar-refractivity contribution is 6.52. The van der Waals surface area contributed by atoms with Crippen molar-refractivity contribution in [2.24, 2.45) is 11.8 Å². The molecule has 0 aliphatic heterocycles. The molecule has 2 amide bonds. The number of aliphatic hydroxyl groups excluding tert-OH is 1. The quantitative estimate of drug-likeness (QED) is 0.223. The third-order valence-corrected chi connectivity index (χ3v) is 7.76. The molecule has 2 aromatic carbocycles. The molecule has 3 atom stereocenters. The number of rotatable bonds is 7. The van der Waals surface area contributed by atoms with Gasteiger partial charge in [0, 0.05) is 41.0 Å². The largest absolute Gasteiger partial charge is 0.373 e. The highest BCUT2D eigenvalue weighted by Gasteiger charge is 2.67. The van der Waals surface area contributed by atoms with Gasteiger partial charge in [0.25, 0.3) is 5.91 Å². The van der Waals surface area contributed by atoms with Crippen molar-refractivity contribution in [1.82, 2.24) is 10.4 Å². The summed E-state index contributed by atoms with van der Waals surface area (Å²) in [4.78, 5) is 24.9. The zero-order valence-corrected chi connectivity index (χ0v) is 21.8. The minimum absolute atomic E-state index is 0.141. The van der Waals surface area contributed by atoms with E-state index in [1.165, 1.54) is 24.2 Å². The van der Waals surface area contributed by atoms with E-state index in [4.69, 9.17) is 58.0 Å². The molecule has 3 unspecified atom stereocenters. The first-order valence-electron chi connectivity index (χ1n) is 10.6. The Morgan fingerprint density at radius 1 is 1.12 bits per heavy atom. The van der Waals surface area contributed by atoms with Crippen LogP contribution in [0.15, 0.2) is 36.4 Å². The summed E-state index contributed by atoms with van der Waals surface area (Å²) in [7, 11) is 1.50. The van der Waals surface area contributed by atoms with Crippen molar-refractivity contribution in [3.05, 3.63) is 62.6 Å². The second-order valence-electron chi connectivity index (χ2n) is 8.71. The number of nitrogens with zero attached hydrogens (tertiary/aromatic N) is 1. The lowest BCUT2D eigenvalue weighted by Crippen LogP contribution is -2.43. The van der Waals surface area contributed by atoms with Crippen molar-refractivity contribution in [1.29, 1.82) is 0 Å². The van der Waals surface area contributed by atoms with E-state index in [0.29, 0.717) is 33.6 Å². The number of aliphatic hydroxyl groups is 1. The van der Waals surface area contributed by atoms with Crippen LogP contribution in [0.4, 0.5) is 5.69 Å². The van der Waals surface area contributed by atoms with Crippen LogP contribution in [0.2, 0.25) is 15.1 Å². The highest BCUT2D eigenvalue weighted by atomic mass is 35.5. The SMILES string of the molecule is CN(NC(=O)c1cc(NC(O)C2C(c3cc(Cl)cc(Cl)c3)C2(Cl)Cl)ccc1Cl)C(=O)CC1CC1. The van der Waals surface area contributed by atoms with Crippen LogP contribution in [0.5, 0.6) is 0 Å². The van der Waals surface area contributed by atoms with Gasteiger partial charge >= 0.3 is 0 Å². The molecule has 3 N–H and O–H groups in total. The molecule has 2 aromatic rings. The molecule has 11 heteroatoms. The van der Waals surface area contributed by atoms with E-state index >= 15 is 0 Å². The summed E-state index contributed by atoms with van der Waals surface area (Å²) < 4.78 is -1.24. The Labute approximate surface area is 222 Å². The second-order valence-corrected chi connectivity index (χ2v) is 11.4. The van der Waals surface area contributed by atoms with Crippen molar-refractivity contribution >= 4 is 75.5 Å². The minimum Gasteiger partial charge on any atom is -0.373 e. The molecule has 2 aliphatic carbocycles. The monoisotopic (exact) mass is 563 g/mol. The van der Waals surface area contributed by atoms with Crippen LogP contribution >= 0.6 is 58.0 Å². The highest BCUT2D eigenvalue weighted by Crippen LogP contribution is 2.66. The van der Waals surface area contributed by atoms with Crippen LogP contribution in [-0.2, 0) is 4.79 Å². The molecule has 0 heterocycles. The van der Waals surface area contributed by atoms with Gasteiger partial charge in [0.05, 0.1) is 10.6 Å². The van der Waals surface area contributed by atoms with Crippen LogP contribution in [-0.4, -0.2) is 39.5 Å². The summed E-state index contributed by atoms with van der Waals surface area (Å²) in [5.74, 6) is -1.29. The third kappa shape index (κ3) is 5.69. The molecule has 6 nitrogen and oxygen atoms in total. The molecule has 182 valence electrons. The summed E-state index contributed by atoms with van der Waals surface area (Å²) in [6, 6.07) is 9.62. The van der Waals surface area contributed by atoms with E-state index in [9.17, 15) is 14.7 Å². The number of hydrazine groups is 1. The van der Waals surface area contributed by atoms with Gasteiger partial charge < -0.3 is 10.4 Å². The van der Waals surface area contributed by atoms with E-state index in [2.05, 4.69) is 10.7 Å². The molecule has 0 saturated heterocycles. The van der Waals surface area contributed by atoms with Crippen molar-refractivity contribution in [3.8, 4) is 0 Å². The number of hydrogen-bond acceptors (Lipinski definition) is 4. The van der Waals surface area contributed by atoms with E-state index in [1.54, 1.807) is 24.3 Å². The molecule has 2 fully saturated rings. The molecule has 0 radical (unpaired) electrons. The molecule has 4 rings (SSSR count). The smallest absolute Gasteiger partial charge is 0.271 e. The van der Waals surface area contributed by atoms with E-state index in [1.807, 2.05) is 0 Å². The fraction of sp³-hybridized carbons (Fsp3) is 0.391. The number of carbonyl (C=O) groups excluding carboxylic acids is 2. The Hall–Kier alpha value is -1.41. The van der Waals surface area contributed by atoms with Crippen LogP contribution in [0.1, 0.15) is 41.1 Å². The topological polar surface area (TPSA) is 81.7 Å². The summed E-state index contributed by atoms with van der Waals surface area (Å²) in [5.41, 5.74) is 3.82. The predicted molar refractivity (Wildman–Crippen MR) is 136 cm³/mol. The number of hydrogen-bond donors (Lipinski definition) is 3. The Morgan fingerprint density at radius 3 is 2.38 bits per heavy atom. The molecule has 2 aliphatic rings. The standard InChI is InChI=1S/C23H22Cl5N3O3/c1-31(18(32)6-11-2-3-11)30-21(33)16-10-15(4-5-17(16)26)29-22(34)20-19(23(20,27)28)12-7-13(24)9-14(25)8-12/h4-5,7-11,19-20,22,29,34H,2-3,6H2,1H3,(H,30,33). The first-order valence-corrected chi connectivity index (χ1v) is 12.5. The van der Waals surface area contributed by atoms with Gasteiger partial charge in [-0.2, -0.15) is 0 Å². The van der Waals surface area contributed by atoms with Crippen LogP contribution in [0.3, 0.4) is 0 Å². The average Bonchev–Trinajstić information content (AvgIpc) is 3.64. The molecule has 34 heavy (non-hydrogen) atoms. The maximum absolute atomic E-state index is 12.7. The molecule has 0 aromatic heterocycles. The first-order chi connectivity index (χ1) is 16.0. The zero-order valence-electron chi connectivity index (χ0n) is 18.0. The number of nitrogens with one attached hydrogen (secondary N) is 2. The van der Waals surface area contributed by atoms with Gasteiger partial charge in [0.15, 0.2) is 0 Å². The number of benzene rings is 2. The summed E-state index contributed by atoms with van der Waals surface area (Å²) >= 11 is 31.3. The normalized spacial score (nSPS) is 21.5. The second kappa shape index (κ2) is 9.92. The van der Waals surface area contributed by atoms with Gasteiger partial charge in [0.2, 0.25) is 5.91 Å². The lowest BCUT2D eigenvalue weighted by Gasteiger charge is -2.20. The van der Waals surface area contributed by atoms with E-state index in [0.717, 1.165) is 12.8 Å². The molecule has 2 saturated carbocycles. The molecule has 0 bridgehead atoms. The van der Waals surface area contributed by atoms with Crippen LogP contribution in [0.25, 0.3) is 0 Å². The fourth-order valence-corrected chi connectivity index (χ4v) is 5.59. The van der Waals surface area contributed by atoms with Crippen molar-refractivity contribution in [2.75, 3.05) is 12.4 Å². The van der Waals surface area contributed by atoms with Gasteiger partial charge in [-0.3, -0.25) is 20.0 Å². The molecule has 0 spiro atoms. The lowest BCUT2D eigenvalue weighted by atomic mass is 10.1. The fourth-order valence-electron chi connectivity index (χ4n) is 3.96. The van der Waals surface area contributed by atoms with Gasteiger partial charge in [0.1, 0.15) is 10.6 Å². The van der Waals surface area contributed by atoms with Gasteiger partial charge in [-0.1, -0.05) is 34.8 Å². The van der Waals surface area contributed by atoms with Crippen molar-refractivity contribution in [3.63, 3.8) is 0 Å². The number of amides is 2. The Bertz CT molecular complexity index is 1100. The third-order valence-electron chi connectivity index (χ3n) is 6.02. The number of halogens is 5. The minimum atomic E-state index is -1.24. The van der Waals surface area contributed by atoms with Crippen LogP contribution in [0, 0.1) is 11.8 Å². The average molecular weight is 566 g/mol. The summed E-state index contributed by atoms with van der Waals surface area (Å²) in [6.07, 6.45) is 1.33. The van der Waals surface area contributed by atoms with Crippen molar-refractivity contribution < 1.29 is 14.7 Å². The van der Waals surface area contributed by atoms with Gasteiger partial charge in [-0.25, -0.2) is 0 Å². The van der Waals surface area contributed by atoms with Crippen LogP contribution < -0.4 is 10.7 Å². The summed E-state index contributed by atoms with van der Waals surface area (Å²) in [6.45, 7) is 0. The first kappa shape index (κ1) is 25.7. The Kier molecular flexibility index (Phi) is 7.49. The lowest BCUT2D eigenvalue weighted by molar-refractivity contribution is -0.132. The number of anilines is 1. The molecular weight excluding hydrogens is 544 g/mol. The maximum Gasteiger partial charge on any atom is 0.271 e. The Balaban J connectivity index is 1.44. The van der Waals surface area contributed by atoms with Gasteiger partial charge in [-0.05, 0) is 60.7 Å². The van der Waals surface area contributed by atoms with E-state index in [-0.39, 0.29) is 16.5 Å². The van der Waals surface area contributed by atoms with E-state index < -0.39 is 28.3 Å². The Morgan fingerprint density at radius 2 is 1.76 bits per heavy atom.